The van der Waals surface area contributed by atoms with E-state index < -0.39 is 0 Å². The number of fused-ring (bicyclic) bond motifs is 4. The molecular weight excluding hydrogens is 604 g/mol. The number of benzene rings is 2. The van der Waals surface area contributed by atoms with Gasteiger partial charge in [0, 0.05) is 80.8 Å². The molecule has 3 atom stereocenters. The SMILES string of the molecule is COc1cc(C(=O)N2C[C@H]3CC[C@@H]2[C@@H]3N)cc2nc(-c3cc4cccc(C5CN(C(=O)Cc6cnccn6)C5)c4n3CC3CC3)n(C)c12. The van der Waals surface area contributed by atoms with E-state index >= 15 is 0 Å². The number of carbonyl (C=O) groups excluding carboxylic acids is 2. The third-order valence-corrected chi connectivity index (χ3v) is 11.3. The van der Waals surface area contributed by atoms with Gasteiger partial charge in [-0.15, -0.1) is 0 Å². The van der Waals surface area contributed by atoms with Gasteiger partial charge < -0.3 is 29.4 Å². The average Bonchev–Trinajstić information content (AvgIpc) is 3.46. The van der Waals surface area contributed by atoms with Gasteiger partial charge in [-0.2, -0.15) is 0 Å². The molecule has 0 spiro atoms. The molecule has 9 rings (SSSR count). The Labute approximate surface area is 278 Å². The first-order chi connectivity index (χ1) is 23.4. The number of aryl methyl sites for hydroxylation is 1. The number of piperidine rings is 1. The maximum Gasteiger partial charge on any atom is 0.254 e. The largest absolute Gasteiger partial charge is 0.494 e. The second kappa shape index (κ2) is 11.2. The van der Waals surface area contributed by atoms with E-state index in [0.717, 1.165) is 48.5 Å². The van der Waals surface area contributed by atoms with Crippen molar-refractivity contribution < 1.29 is 14.3 Å². The fraction of sp³-hybridized carbons (Fsp3) is 0.432. The number of hydrogen-bond acceptors (Lipinski definition) is 7. The van der Waals surface area contributed by atoms with E-state index in [2.05, 4.69) is 43.4 Å². The normalized spacial score (nSPS) is 22.2. The van der Waals surface area contributed by atoms with Gasteiger partial charge in [-0.3, -0.25) is 19.6 Å². The summed E-state index contributed by atoms with van der Waals surface area (Å²) in [5.41, 5.74) is 12.9. The van der Waals surface area contributed by atoms with Gasteiger partial charge in [0.1, 0.15) is 11.3 Å². The molecule has 4 aliphatic rings. The third-order valence-electron chi connectivity index (χ3n) is 11.3. The number of aromatic nitrogens is 5. The molecule has 0 unspecified atom stereocenters. The number of hydrogen-bond donors (Lipinski definition) is 1. The summed E-state index contributed by atoms with van der Waals surface area (Å²) >= 11 is 0. The number of methoxy groups -OCH3 is 1. The van der Waals surface area contributed by atoms with Crippen molar-refractivity contribution in [3.05, 3.63) is 71.8 Å². The summed E-state index contributed by atoms with van der Waals surface area (Å²) in [6.45, 7) is 3.01. The molecule has 2 saturated carbocycles. The molecule has 3 aromatic heterocycles. The van der Waals surface area contributed by atoms with Crippen molar-refractivity contribution in [2.24, 2.45) is 24.6 Å². The average molecular weight is 645 g/mol. The summed E-state index contributed by atoms with van der Waals surface area (Å²) in [4.78, 5) is 44.3. The van der Waals surface area contributed by atoms with E-state index in [4.69, 9.17) is 15.5 Å². The van der Waals surface area contributed by atoms with Gasteiger partial charge >= 0.3 is 0 Å². The third kappa shape index (κ3) is 4.69. The first-order valence-corrected chi connectivity index (χ1v) is 17.1. The van der Waals surface area contributed by atoms with Crippen LogP contribution in [0.3, 0.4) is 0 Å². The van der Waals surface area contributed by atoms with Crippen LogP contribution in [0.4, 0.5) is 0 Å². The van der Waals surface area contributed by atoms with Crippen LogP contribution in [0.25, 0.3) is 33.5 Å². The number of para-hydroxylation sites is 1. The molecule has 2 bridgehead atoms. The molecule has 48 heavy (non-hydrogen) atoms. The van der Waals surface area contributed by atoms with Crippen molar-refractivity contribution in [1.29, 1.82) is 0 Å². The molecule has 2 aromatic carbocycles. The Bertz CT molecular complexity index is 2080. The van der Waals surface area contributed by atoms with Gasteiger partial charge in [0.25, 0.3) is 5.91 Å². The standard InChI is InChI=1S/C37H40N8O3/c1-42-35-28(12-24(14-31(35)48-2)37(47)45-20-23-8-9-29(45)33(23)38)41-36(42)30-13-22-4-3-5-27(34(22)44(30)17-21-6-7-21)25-18-43(19-25)32(46)15-26-16-39-10-11-40-26/h3-5,10-14,16,21,23,25,29,33H,6-9,15,17-20,38H2,1-2H3/t23-,29-,33-/m1/s1. The predicted octanol–water partition coefficient (Wildman–Crippen LogP) is 4.13. The highest BCUT2D eigenvalue weighted by molar-refractivity contribution is 6.00. The molecule has 2 saturated heterocycles. The van der Waals surface area contributed by atoms with E-state index in [1.807, 2.05) is 29.0 Å². The Kier molecular flexibility index (Phi) is 6.83. The Hall–Kier alpha value is -4.77. The number of ether oxygens (including phenoxy) is 1. The topological polar surface area (TPSA) is 124 Å². The number of rotatable bonds is 8. The minimum atomic E-state index is 0.00210. The highest BCUT2D eigenvalue weighted by Crippen LogP contribution is 2.42. The minimum absolute atomic E-state index is 0.00210. The van der Waals surface area contributed by atoms with Crippen LogP contribution in [0.15, 0.2) is 55.0 Å². The lowest BCUT2D eigenvalue weighted by Crippen LogP contribution is -2.49. The Morgan fingerprint density at radius 1 is 1.02 bits per heavy atom. The number of imidazole rings is 1. The molecule has 0 radical (unpaired) electrons. The summed E-state index contributed by atoms with van der Waals surface area (Å²) < 4.78 is 10.4. The zero-order valence-electron chi connectivity index (χ0n) is 27.4. The maximum atomic E-state index is 13.8. The van der Waals surface area contributed by atoms with Gasteiger partial charge in [0.05, 0.1) is 36.0 Å². The molecule has 2 amide bonds. The number of carbonyl (C=O) groups is 2. The molecule has 5 aromatic rings. The minimum Gasteiger partial charge on any atom is -0.494 e. The Balaban J connectivity index is 1.07. The van der Waals surface area contributed by atoms with Gasteiger partial charge in [0.15, 0.2) is 5.82 Å². The van der Waals surface area contributed by atoms with Crippen molar-refractivity contribution in [3.63, 3.8) is 0 Å². The highest BCUT2D eigenvalue weighted by Gasteiger charge is 2.47. The van der Waals surface area contributed by atoms with E-state index in [-0.39, 0.29) is 36.2 Å². The lowest BCUT2D eigenvalue weighted by molar-refractivity contribution is -0.134. The fourth-order valence-electron chi connectivity index (χ4n) is 8.45. The Morgan fingerprint density at radius 3 is 2.58 bits per heavy atom. The molecule has 2 aliphatic carbocycles. The maximum absolute atomic E-state index is 13.8. The second-order valence-corrected chi connectivity index (χ2v) is 14.2. The highest BCUT2D eigenvalue weighted by atomic mass is 16.5. The number of nitrogens with zero attached hydrogens (tertiary/aromatic N) is 7. The lowest BCUT2D eigenvalue weighted by Gasteiger charge is -2.40. The van der Waals surface area contributed by atoms with Gasteiger partial charge in [-0.05, 0) is 61.3 Å². The summed E-state index contributed by atoms with van der Waals surface area (Å²) in [5, 5.41) is 1.17. The molecule has 2 aliphatic heterocycles. The van der Waals surface area contributed by atoms with Crippen molar-refractivity contribution in [2.45, 2.75) is 56.7 Å². The van der Waals surface area contributed by atoms with Gasteiger partial charge in [-0.25, -0.2) is 4.98 Å². The molecule has 5 heterocycles. The van der Waals surface area contributed by atoms with Crippen LogP contribution >= 0.6 is 0 Å². The summed E-state index contributed by atoms with van der Waals surface area (Å²) in [7, 11) is 3.68. The summed E-state index contributed by atoms with van der Waals surface area (Å²) in [6, 6.07) is 12.7. The molecule has 4 fully saturated rings. The quantitative estimate of drug-likeness (QED) is 0.269. The number of nitrogens with two attached hydrogens (primary N) is 1. The monoisotopic (exact) mass is 644 g/mol. The van der Waals surface area contributed by atoms with Crippen LogP contribution < -0.4 is 10.5 Å². The summed E-state index contributed by atoms with van der Waals surface area (Å²) in [6.07, 6.45) is 9.68. The van der Waals surface area contributed by atoms with Crippen molar-refractivity contribution in [3.8, 4) is 17.3 Å². The number of amides is 2. The first kappa shape index (κ1) is 29.4. The van der Waals surface area contributed by atoms with E-state index in [0.29, 0.717) is 41.9 Å². The smallest absolute Gasteiger partial charge is 0.254 e. The van der Waals surface area contributed by atoms with Crippen LogP contribution in [-0.4, -0.2) is 84.5 Å². The zero-order valence-corrected chi connectivity index (χ0v) is 27.4. The van der Waals surface area contributed by atoms with Crippen LogP contribution in [-0.2, 0) is 24.8 Å². The van der Waals surface area contributed by atoms with Crippen molar-refractivity contribution in [2.75, 3.05) is 26.7 Å². The van der Waals surface area contributed by atoms with Crippen molar-refractivity contribution in [1.82, 2.24) is 33.9 Å². The number of likely N-dealkylation sites (tertiary alicyclic amines) is 2. The van der Waals surface area contributed by atoms with E-state index in [1.54, 1.807) is 25.7 Å². The Morgan fingerprint density at radius 2 is 1.88 bits per heavy atom. The molecule has 11 nitrogen and oxygen atoms in total. The van der Waals surface area contributed by atoms with E-state index in [1.165, 1.54) is 29.3 Å². The second-order valence-electron chi connectivity index (χ2n) is 14.2. The lowest BCUT2D eigenvalue weighted by atomic mass is 9.89. The molecule has 2 N–H and O–H groups in total. The van der Waals surface area contributed by atoms with Crippen LogP contribution in [0.1, 0.15) is 53.2 Å². The van der Waals surface area contributed by atoms with Crippen LogP contribution in [0.5, 0.6) is 5.75 Å². The molecule has 11 heteroatoms. The fourth-order valence-corrected chi connectivity index (χ4v) is 8.45. The predicted molar refractivity (Wildman–Crippen MR) is 182 cm³/mol. The van der Waals surface area contributed by atoms with Gasteiger partial charge in [-0.1, -0.05) is 18.2 Å². The van der Waals surface area contributed by atoms with Gasteiger partial charge in [0.2, 0.25) is 5.91 Å². The van der Waals surface area contributed by atoms with Crippen molar-refractivity contribution >= 4 is 33.8 Å². The summed E-state index contributed by atoms with van der Waals surface area (Å²) in [5.74, 6) is 2.83. The first-order valence-electron chi connectivity index (χ1n) is 17.1. The van der Waals surface area contributed by atoms with Crippen LogP contribution in [0, 0.1) is 11.8 Å². The molecular formula is C37H40N8O3. The molecule has 246 valence electrons. The zero-order chi connectivity index (χ0) is 32.7. The van der Waals surface area contributed by atoms with E-state index in [9.17, 15) is 9.59 Å². The van der Waals surface area contributed by atoms with Crippen LogP contribution in [0.2, 0.25) is 0 Å².